The minimum atomic E-state index is 0.369. The zero-order valence-corrected chi connectivity index (χ0v) is 12.2. The highest BCUT2D eigenvalue weighted by molar-refractivity contribution is 5.60. The van der Waals surface area contributed by atoms with Crippen molar-refractivity contribution in [2.75, 3.05) is 0 Å². The van der Waals surface area contributed by atoms with Crippen LogP contribution in [0.25, 0.3) is 0 Å². The first-order valence-electron chi connectivity index (χ1n) is 7.91. The van der Waals surface area contributed by atoms with Gasteiger partial charge in [0.05, 0.1) is 0 Å². The molecule has 4 saturated carbocycles. The first-order valence-corrected chi connectivity index (χ1v) is 7.91. The monoisotopic (exact) mass is 246 g/mol. The van der Waals surface area contributed by atoms with Gasteiger partial charge in [-0.2, -0.15) is 0 Å². The highest BCUT2D eigenvalue weighted by atomic mass is 16.1. The molecule has 4 aliphatic rings. The lowest BCUT2D eigenvalue weighted by atomic mass is 9.21. The topological polar surface area (TPSA) is 17.1 Å². The molecule has 4 aliphatic carbocycles. The second kappa shape index (κ2) is 2.88. The van der Waals surface area contributed by atoms with Crippen LogP contribution in [0, 0.1) is 45.8 Å². The molecule has 18 heavy (non-hydrogen) atoms. The Morgan fingerprint density at radius 3 is 1.94 bits per heavy atom. The minimum absolute atomic E-state index is 0.369. The van der Waals surface area contributed by atoms with Gasteiger partial charge < -0.3 is 4.79 Å². The van der Waals surface area contributed by atoms with Gasteiger partial charge in [0, 0.05) is 5.92 Å². The summed E-state index contributed by atoms with van der Waals surface area (Å²) >= 11 is 0. The SMILES string of the molecule is CC1CC2(C(C)CC23C(C)CC32CC2C)C1C=O. The third-order valence-corrected chi connectivity index (χ3v) is 8.21. The first-order chi connectivity index (χ1) is 8.46. The third-order valence-electron chi connectivity index (χ3n) is 8.21. The summed E-state index contributed by atoms with van der Waals surface area (Å²) in [6.45, 7) is 9.62. The summed E-state index contributed by atoms with van der Waals surface area (Å²) in [6.07, 6.45) is 6.96. The van der Waals surface area contributed by atoms with Crippen molar-refractivity contribution in [3.63, 3.8) is 0 Å². The fourth-order valence-electron chi connectivity index (χ4n) is 7.55. The second-order valence-electron chi connectivity index (χ2n) is 8.33. The Balaban J connectivity index is 1.77. The van der Waals surface area contributed by atoms with Crippen molar-refractivity contribution in [1.82, 2.24) is 0 Å². The van der Waals surface area contributed by atoms with Crippen molar-refractivity contribution in [1.29, 1.82) is 0 Å². The summed E-state index contributed by atoms with van der Waals surface area (Å²) in [5, 5.41) is 0. The number of rotatable bonds is 1. The summed E-state index contributed by atoms with van der Waals surface area (Å²) in [5.41, 5.74) is 1.65. The average molecular weight is 246 g/mol. The molecule has 100 valence electrons. The highest BCUT2D eigenvalue weighted by Crippen LogP contribution is 2.92. The van der Waals surface area contributed by atoms with E-state index in [2.05, 4.69) is 27.7 Å². The van der Waals surface area contributed by atoms with E-state index in [0.717, 1.165) is 17.8 Å². The van der Waals surface area contributed by atoms with Gasteiger partial charge in [-0.25, -0.2) is 0 Å². The summed E-state index contributed by atoms with van der Waals surface area (Å²) in [4.78, 5) is 11.6. The quantitative estimate of drug-likeness (QED) is 0.641. The van der Waals surface area contributed by atoms with Gasteiger partial charge in [-0.05, 0) is 65.6 Å². The molecule has 0 heterocycles. The van der Waals surface area contributed by atoms with Gasteiger partial charge in [0.25, 0.3) is 0 Å². The molecule has 0 bridgehead atoms. The van der Waals surface area contributed by atoms with Crippen molar-refractivity contribution in [2.45, 2.75) is 53.4 Å². The summed E-state index contributed by atoms with van der Waals surface area (Å²) in [5.74, 6) is 3.60. The smallest absolute Gasteiger partial charge is 0.123 e. The molecule has 0 amide bonds. The first kappa shape index (κ1) is 11.5. The predicted octanol–water partition coefficient (Wildman–Crippen LogP) is 3.92. The summed E-state index contributed by atoms with van der Waals surface area (Å²) in [6, 6.07) is 0. The molecular weight excluding hydrogens is 220 g/mol. The van der Waals surface area contributed by atoms with Crippen LogP contribution in [0.15, 0.2) is 0 Å². The molecule has 0 aromatic carbocycles. The molecule has 8 atom stereocenters. The van der Waals surface area contributed by atoms with Crippen molar-refractivity contribution < 1.29 is 4.79 Å². The Hall–Kier alpha value is -0.330. The maximum absolute atomic E-state index is 11.6. The van der Waals surface area contributed by atoms with E-state index in [1.807, 2.05) is 0 Å². The largest absolute Gasteiger partial charge is 0.303 e. The fraction of sp³-hybridized carbons (Fsp3) is 0.941. The van der Waals surface area contributed by atoms with E-state index in [1.165, 1.54) is 32.0 Å². The van der Waals surface area contributed by atoms with Gasteiger partial charge in [0.15, 0.2) is 0 Å². The lowest BCUT2D eigenvalue weighted by Crippen LogP contribution is -2.77. The van der Waals surface area contributed by atoms with E-state index in [-0.39, 0.29) is 0 Å². The maximum atomic E-state index is 11.6. The lowest BCUT2D eigenvalue weighted by Gasteiger charge is -2.82. The molecule has 0 radical (unpaired) electrons. The predicted molar refractivity (Wildman–Crippen MR) is 72.0 cm³/mol. The normalized spacial score (nSPS) is 68.6. The molecule has 3 spiro atoms. The van der Waals surface area contributed by atoms with Crippen LogP contribution < -0.4 is 0 Å². The molecular formula is C17H26O. The molecule has 0 aliphatic heterocycles. The van der Waals surface area contributed by atoms with Gasteiger partial charge in [-0.1, -0.05) is 27.7 Å². The average Bonchev–Trinajstić information content (AvgIpc) is 2.96. The van der Waals surface area contributed by atoms with E-state index in [0.29, 0.717) is 28.1 Å². The van der Waals surface area contributed by atoms with Gasteiger partial charge in [0.1, 0.15) is 6.29 Å². The maximum Gasteiger partial charge on any atom is 0.123 e. The number of aldehydes is 1. The molecule has 8 unspecified atom stereocenters. The number of carbonyl (C=O) groups is 1. The molecule has 0 aromatic heterocycles. The Labute approximate surface area is 111 Å². The Bertz CT molecular complexity index is 429. The van der Waals surface area contributed by atoms with Crippen LogP contribution in [0.1, 0.15) is 53.4 Å². The van der Waals surface area contributed by atoms with Crippen LogP contribution >= 0.6 is 0 Å². The lowest BCUT2D eigenvalue weighted by molar-refractivity contribution is -0.342. The highest BCUT2D eigenvalue weighted by Gasteiger charge is 2.87. The van der Waals surface area contributed by atoms with Crippen molar-refractivity contribution in [3.05, 3.63) is 0 Å². The van der Waals surface area contributed by atoms with Crippen LogP contribution in [0.3, 0.4) is 0 Å². The third kappa shape index (κ3) is 0.782. The van der Waals surface area contributed by atoms with E-state index < -0.39 is 0 Å². The van der Waals surface area contributed by atoms with E-state index >= 15 is 0 Å². The molecule has 0 saturated heterocycles. The zero-order valence-electron chi connectivity index (χ0n) is 12.2. The van der Waals surface area contributed by atoms with Crippen molar-refractivity contribution in [3.8, 4) is 0 Å². The second-order valence-corrected chi connectivity index (χ2v) is 8.33. The van der Waals surface area contributed by atoms with Crippen molar-refractivity contribution in [2.24, 2.45) is 45.8 Å². The van der Waals surface area contributed by atoms with Crippen LogP contribution in [0.2, 0.25) is 0 Å². The van der Waals surface area contributed by atoms with Crippen LogP contribution in [-0.2, 0) is 4.79 Å². The van der Waals surface area contributed by atoms with Crippen molar-refractivity contribution >= 4 is 6.29 Å². The summed E-state index contributed by atoms with van der Waals surface area (Å²) in [7, 11) is 0. The van der Waals surface area contributed by atoms with Crippen LogP contribution in [0.4, 0.5) is 0 Å². The van der Waals surface area contributed by atoms with E-state index in [9.17, 15) is 4.79 Å². The van der Waals surface area contributed by atoms with E-state index in [4.69, 9.17) is 0 Å². The van der Waals surface area contributed by atoms with Gasteiger partial charge in [0.2, 0.25) is 0 Å². The minimum Gasteiger partial charge on any atom is -0.303 e. The Morgan fingerprint density at radius 2 is 1.56 bits per heavy atom. The Kier molecular flexibility index (Phi) is 1.84. The number of fused-ring (bicyclic) bond motifs is 2. The number of hydrogen-bond donors (Lipinski definition) is 0. The molecule has 4 rings (SSSR count). The van der Waals surface area contributed by atoms with Gasteiger partial charge in [-0.3, -0.25) is 0 Å². The van der Waals surface area contributed by atoms with E-state index in [1.54, 1.807) is 0 Å². The molecule has 1 heteroatoms. The number of carbonyl (C=O) groups excluding carboxylic acids is 1. The Morgan fingerprint density at radius 1 is 0.889 bits per heavy atom. The van der Waals surface area contributed by atoms with Crippen LogP contribution in [0.5, 0.6) is 0 Å². The fourth-order valence-corrected chi connectivity index (χ4v) is 7.55. The van der Waals surface area contributed by atoms with Gasteiger partial charge >= 0.3 is 0 Å². The summed E-state index contributed by atoms with van der Waals surface area (Å²) < 4.78 is 0. The van der Waals surface area contributed by atoms with Gasteiger partial charge in [-0.15, -0.1) is 0 Å². The number of hydrogen-bond acceptors (Lipinski definition) is 1. The van der Waals surface area contributed by atoms with Crippen LogP contribution in [-0.4, -0.2) is 6.29 Å². The zero-order chi connectivity index (χ0) is 12.9. The molecule has 0 N–H and O–H groups in total. The molecule has 1 nitrogen and oxygen atoms in total. The molecule has 0 aromatic rings. The standard InChI is InChI=1S/C17H26O/c1-10-5-16(14(10)9-18)12(3)8-17(16)13(4)7-15(17)6-11(15)2/h9-14H,5-8H2,1-4H3. The molecule has 4 fully saturated rings.